The van der Waals surface area contributed by atoms with E-state index in [1.807, 2.05) is 0 Å². The molecule has 1 unspecified atom stereocenters. The molecule has 5 heteroatoms. The van der Waals surface area contributed by atoms with Gasteiger partial charge < -0.3 is 14.2 Å². The quantitative estimate of drug-likeness (QED) is 0.0345. The molecule has 0 aliphatic heterocycles. The molecule has 398 valence electrons. The fourth-order valence-electron chi connectivity index (χ4n) is 7.70. The molecule has 0 heterocycles. The molecule has 0 bridgehead atoms. The maximum atomic E-state index is 12.9. The third-order valence-corrected chi connectivity index (χ3v) is 12.0. The summed E-state index contributed by atoms with van der Waals surface area (Å²) < 4.78 is 17.5. The summed E-state index contributed by atoms with van der Waals surface area (Å²) in [5, 5.41) is 0. The summed E-state index contributed by atoms with van der Waals surface area (Å²) >= 11 is 0. The van der Waals surface area contributed by atoms with Crippen LogP contribution >= 0.6 is 0 Å². The van der Waals surface area contributed by atoms with Crippen molar-refractivity contribution in [3.63, 3.8) is 0 Å². The van der Waals surface area contributed by atoms with Crippen LogP contribution in [0.5, 0.6) is 0 Å². The van der Waals surface area contributed by atoms with Gasteiger partial charge in [-0.1, -0.05) is 232 Å². The molecule has 70 heavy (non-hydrogen) atoms. The monoisotopic (exact) mass is 969 g/mol. The third-order valence-electron chi connectivity index (χ3n) is 12.0. The third kappa shape index (κ3) is 56.9. The van der Waals surface area contributed by atoms with Gasteiger partial charge in [-0.2, -0.15) is 0 Å². The van der Waals surface area contributed by atoms with E-state index in [9.17, 15) is 9.59 Å². The van der Waals surface area contributed by atoms with Crippen molar-refractivity contribution in [2.75, 3.05) is 19.8 Å². The molecule has 0 aromatic heterocycles. The van der Waals surface area contributed by atoms with E-state index in [2.05, 4.69) is 142 Å². The maximum Gasteiger partial charge on any atom is 0.306 e. The lowest BCUT2D eigenvalue weighted by molar-refractivity contribution is -0.163. The second kappa shape index (κ2) is 59.6. The fraction of sp³-hybridized carbons (Fsp3) is 0.662. The van der Waals surface area contributed by atoms with Crippen LogP contribution in [0.1, 0.15) is 252 Å². The van der Waals surface area contributed by atoms with Crippen LogP contribution < -0.4 is 0 Å². The molecule has 0 saturated heterocycles. The Balaban J connectivity index is 4.38. The van der Waals surface area contributed by atoms with Crippen LogP contribution in [0, 0.1) is 0 Å². The van der Waals surface area contributed by atoms with Gasteiger partial charge in [-0.3, -0.25) is 9.59 Å². The summed E-state index contributed by atoms with van der Waals surface area (Å²) in [7, 11) is 0. The Kier molecular flexibility index (Phi) is 56.5. The van der Waals surface area contributed by atoms with Crippen LogP contribution in [0.4, 0.5) is 0 Å². The molecule has 0 rings (SSSR count). The van der Waals surface area contributed by atoms with Crippen molar-refractivity contribution in [2.45, 2.75) is 258 Å². The van der Waals surface area contributed by atoms with Gasteiger partial charge in [0.2, 0.25) is 0 Å². The van der Waals surface area contributed by atoms with Crippen LogP contribution in [0.2, 0.25) is 0 Å². The summed E-state index contributed by atoms with van der Waals surface area (Å²) in [5.41, 5.74) is 0. The number of hydrogen-bond donors (Lipinski definition) is 0. The van der Waals surface area contributed by atoms with Crippen LogP contribution in [0.15, 0.2) is 122 Å². The number of hydrogen-bond acceptors (Lipinski definition) is 5. The van der Waals surface area contributed by atoms with E-state index in [1.54, 1.807) is 0 Å². The Bertz CT molecular complexity index is 1420. The highest BCUT2D eigenvalue weighted by Gasteiger charge is 2.17. The lowest BCUT2D eigenvalue weighted by atomic mass is 10.1. The number of rotatable bonds is 52. The Labute approximate surface area is 433 Å². The fourth-order valence-corrected chi connectivity index (χ4v) is 7.70. The zero-order valence-corrected chi connectivity index (χ0v) is 45.7. The molecule has 0 aromatic carbocycles. The first-order chi connectivity index (χ1) is 34.6. The van der Waals surface area contributed by atoms with E-state index < -0.39 is 6.10 Å². The second-order valence-electron chi connectivity index (χ2n) is 18.8. The smallest absolute Gasteiger partial charge is 0.306 e. The van der Waals surface area contributed by atoms with Crippen LogP contribution in [-0.2, 0) is 23.8 Å². The zero-order chi connectivity index (χ0) is 50.6. The molecule has 5 nitrogen and oxygen atoms in total. The molecule has 0 aromatic rings. The molecule has 0 N–H and O–H groups in total. The first-order valence-corrected chi connectivity index (χ1v) is 29.1. The Morgan fingerprint density at radius 1 is 0.329 bits per heavy atom. The average molecular weight is 970 g/mol. The van der Waals surface area contributed by atoms with Crippen molar-refractivity contribution in [2.24, 2.45) is 0 Å². The summed E-state index contributed by atoms with van der Waals surface area (Å²) in [6, 6.07) is 0. The standard InChI is InChI=1S/C65H108O5/c1-4-7-10-13-16-19-22-25-28-31-33-35-37-40-43-46-49-52-55-58-64(66)69-62-63(61-68-60-57-54-51-48-45-42-39-30-27-24-21-18-15-12-9-6-3)70-65(67)59-56-53-50-47-44-41-38-36-34-32-29-26-23-20-17-14-11-8-5-2/h7-8,10-11,16-21,25-30,33-36,63H,4-6,9,12-15,22-24,31-32,37-62H2,1-3H3/b10-7-,11-8-,19-16-,20-17-,21-18-,28-25-,29-26-,30-27-,35-33-,36-34-. The molecule has 0 radical (unpaired) electrons. The Morgan fingerprint density at radius 2 is 0.643 bits per heavy atom. The minimum absolute atomic E-state index is 0.0604. The maximum absolute atomic E-state index is 12.9. The molecule has 1 atom stereocenters. The highest BCUT2D eigenvalue weighted by Crippen LogP contribution is 2.14. The largest absolute Gasteiger partial charge is 0.462 e. The van der Waals surface area contributed by atoms with E-state index >= 15 is 0 Å². The Morgan fingerprint density at radius 3 is 1.03 bits per heavy atom. The SMILES string of the molecule is CC/C=C\C/C=C\C/C=C\C/C=C\CCCCCCCCC(=O)OCC(COCCCCCCCC/C=C\C/C=C\CCCCC)OC(=O)CCCCCCCC/C=C\C/C=C\C/C=C\C/C=C\CC. The van der Waals surface area contributed by atoms with Crippen molar-refractivity contribution in [3.8, 4) is 0 Å². The highest BCUT2D eigenvalue weighted by atomic mass is 16.6. The van der Waals surface area contributed by atoms with Gasteiger partial charge in [-0.25, -0.2) is 0 Å². The Hall–Kier alpha value is -3.70. The normalized spacial score (nSPS) is 13.1. The van der Waals surface area contributed by atoms with E-state index in [0.717, 1.165) is 122 Å². The van der Waals surface area contributed by atoms with Gasteiger partial charge in [0, 0.05) is 19.4 Å². The molecule has 0 spiro atoms. The van der Waals surface area contributed by atoms with Gasteiger partial charge >= 0.3 is 11.9 Å². The molecule has 0 aliphatic carbocycles. The van der Waals surface area contributed by atoms with Gasteiger partial charge in [0.15, 0.2) is 6.10 Å². The lowest BCUT2D eigenvalue weighted by Gasteiger charge is -2.18. The molecular weight excluding hydrogens is 861 g/mol. The van der Waals surface area contributed by atoms with Crippen molar-refractivity contribution < 1.29 is 23.8 Å². The highest BCUT2D eigenvalue weighted by molar-refractivity contribution is 5.70. The van der Waals surface area contributed by atoms with E-state index in [0.29, 0.717) is 19.4 Å². The van der Waals surface area contributed by atoms with Crippen LogP contribution in [0.25, 0.3) is 0 Å². The number of carbonyl (C=O) groups is 2. The number of ether oxygens (including phenoxy) is 3. The summed E-state index contributed by atoms with van der Waals surface area (Å²) in [6.45, 7) is 7.53. The molecule has 0 saturated carbocycles. The number of carbonyl (C=O) groups excluding carboxylic acids is 2. The number of esters is 2. The molecule has 0 amide bonds. The van der Waals surface area contributed by atoms with Crippen molar-refractivity contribution in [1.29, 1.82) is 0 Å². The minimum Gasteiger partial charge on any atom is -0.462 e. The van der Waals surface area contributed by atoms with Crippen LogP contribution in [0.3, 0.4) is 0 Å². The van der Waals surface area contributed by atoms with Crippen molar-refractivity contribution in [3.05, 3.63) is 122 Å². The predicted molar refractivity (Wildman–Crippen MR) is 306 cm³/mol. The lowest BCUT2D eigenvalue weighted by Crippen LogP contribution is -2.30. The van der Waals surface area contributed by atoms with Gasteiger partial charge in [-0.15, -0.1) is 0 Å². The van der Waals surface area contributed by atoms with Gasteiger partial charge in [0.1, 0.15) is 6.61 Å². The molecule has 0 aliphatic rings. The average Bonchev–Trinajstić information content (AvgIpc) is 3.36. The number of allylic oxidation sites excluding steroid dienone is 20. The minimum atomic E-state index is -0.565. The molecule has 0 fully saturated rings. The summed E-state index contributed by atoms with van der Waals surface area (Å²) in [4.78, 5) is 25.6. The first-order valence-electron chi connectivity index (χ1n) is 29.1. The van der Waals surface area contributed by atoms with Gasteiger partial charge in [-0.05, 0) is 128 Å². The van der Waals surface area contributed by atoms with E-state index in [1.165, 1.54) is 96.3 Å². The van der Waals surface area contributed by atoms with Crippen molar-refractivity contribution in [1.82, 2.24) is 0 Å². The molecular formula is C65H108O5. The summed E-state index contributed by atoms with van der Waals surface area (Å²) in [6.07, 6.45) is 83.6. The second-order valence-corrected chi connectivity index (χ2v) is 18.8. The topological polar surface area (TPSA) is 61.8 Å². The first kappa shape index (κ1) is 66.3. The van der Waals surface area contributed by atoms with E-state index in [-0.39, 0.29) is 25.2 Å². The summed E-state index contributed by atoms with van der Waals surface area (Å²) in [5.74, 6) is -0.438. The van der Waals surface area contributed by atoms with Crippen LogP contribution in [-0.4, -0.2) is 37.9 Å². The van der Waals surface area contributed by atoms with Crippen molar-refractivity contribution >= 4 is 11.9 Å². The van der Waals surface area contributed by atoms with Gasteiger partial charge in [0.25, 0.3) is 0 Å². The number of unbranched alkanes of at least 4 members (excludes halogenated alkanes) is 21. The zero-order valence-electron chi connectivity index (χ0n) is 45.7. The van der Waals surface area contributed by atoms with Gasteiger partial charge in [0.05, 0.1) is 6.61 Å². The predicted octanol–water partition coefficient (Wildman–Crippen LogP) is 20.1. The van der Waals surface area contributed by atoms with E-state index in [4.69, 9.17) is 14.2 Å².